The molecule has 0 bridgehead atoms. The number of aryl methyl sites for hydroxylation is 1. The summed E-state index contributed by atoms with van der Waals surface area (Å²) in [6.07, 6.45) is 0.206. The number of hydrogen-bond donors (Lipinski definition) is 3. The summed E-state index contributed by atoms with van der Waals surface area (Å²) < 4.78 is 15.0. The second-order valence-electron chi connectivity index (χ2n) is 6.91. The Hall–Kier alpha value is -3.68. The molecular weight excluding hydrogens is 391 g/mol. The normalized spacial score (nSPS) is 10.9. The molecule has 156 valence electrons. The molecule has 0 aliphatic heterocycles. The van der Waals surface area contributed by atoms with E-state index in [-0.39, 0.29) is 43.0 Å². The number of carbonyl (C=O) groups excluding carboxylic acids is 2. The highest BCUT2D eigenvalue weighted by molar-refractivity contribution is 6.04. The average molecular weight is 412 g/mol. The number of carboxylic acid groups (broad SMARTS) is 1. The molecule has 1 amide bonds. The summed E-state index contributed by atoms with van der Waals surface area (Å²) in [7, 11) is 0. The van der Waals surface area contributed by atoms with Gasteiger partial charge >= 0.3 is 5.97 Å². The molecule has 3 N–H and O–H groups in total. The monoisotopic (exact) mass is 412 g/mol. The number of hydrogen-bond acceptors (Lipinski definition) is 4. The number of aromatic nitrogens is 1. The van der Waals surface area contributed by atoms with E-state index in [1.165, 1.54) is 34.9 Å². The van der Waals surface area contributed by atoms with Crippen LogP contribution in [0.3, 0.4) is 0 Å². The van der Waals surface area contributed by atoms with Crippen LogP contribution in [0, 0.1) is 12.7 Å². The molecule has 0 radical (unpaired) electrons. The van der Waals surface area contributed by atoms with Gasteiger partial charge in [0.05, 0.1) is 11.9 Å². The van der Waals surface area contributed by atoms with E-state index in [0.717, 1.165) is 6.07 Å². The SMILES string of the molecule is Cc1c(CCC(=O)NCCC(=O)O)c2cc(O)ccc2n1C(=O)c1cccc(F)c1. The topological polar surface area (TPSA) is 109 Å². The molecule has 3 aromatic rings. The van der Waals surface area contributed by atoms with Gasteiger partial charge in [0.2, 0.25) is 5.91 Å². The van der Waals surface area contributed by atoms with Crippen molar-refractivity contribution in [3.8, 4) is 5.75 Å². The van der Waals surface area contributed by atoms with Gasteiger partial charge in [0.25, 0.3) is 5.91 Å². The Kier molecular flexibility index (Phi) is 6.15. The Bertz CT molecular complexity index is 1140. The molecule has 0 atom stereocenters. The van der Waals surface area contributed by atoms with Crippen LogP contribution in [0.1, 0.15) is 34.5 Å². The zero-order valence-corrected chi connectivity index (χ0v) is 16.3. The van der Waals surface area contributed by atoms with E-state index in [4.69, 9.17) is 5.11 Å². The fraction of sp³-hybridized carbons (Fsp3) is 0.227. The number of nitrogens with one attached hydrogen (secondary N) is 1. The fourth-order valence-electron chi connectivity index (χ4n) is 3.43. The predicted molar refractivity (Wildman–Crippen MR) is 108 cm³/mol. The van der Waals surface area contributed by atoms with E-state index in [1.807, 2.05) is 0 Å². The number of aromatic hydroxyl groups is 1. The number of nitrogens with zero attached hydrogens (tertiary/aromatic N) is 1. The largest absolute Gasteiger partial charge is 0.508 e. The van der Waals surface area contributed by atoms with Crippen LogP contribution in [0.5, 0.6) is 5.75 Å². The van der Waals surface area contributed by atoms with Gasteiger partial charge in [-0.15, -0.1) is 0 Å². The first-order valence-corrected chi connectivity index (χ1v) is 9.39. The highest BCUT2D eigenvalue weighted by atomic mass is 19.1. The molecule has 3 rings (SSSR count). The number of aliphatic carboxylic acids is 1. The van der Waals surface area contributed by atoms with Crippen LogP contribution in [-0.4, -0.2) is 39.1 Å². The van der Waals surface area contributed by atoms with Crippen molar-refractivity contribution < 1.29 is 29.0 Å². The lowest BCUT2D eigenvalue weighted by molar-refractivity contribution is -0.136. The first kappa shape index (κ1) is 21.0. The minimum atomic E-state index is -0.999. The lowest BCUT2D eigenvalue weighted by Crippen LogP contribution is -2.26. The zero-order chi connectivity index (χ0) is 21.8. The summed E-state index contributed by atoms with van der Waals surface area (Å²) in [5.41, 5.74) is 2.02. The van der Waals surface area contributed by atoms with Crippen molar-refractivity contribution in [1.29, 1.82) is 0 Å². The number of phenolic OH excluding ortho intramolecular Hbond substituents is 1. The summed E-state index contributed by atoms with van der Waals surface area (Å²) in [5, 5.41) is 21.7. The van der Waals surface area contributed by atoms with Crippen LogP contribution in [0.2, 0.25) is 0 Å². The Morgan fingerprint density at radius 3 is 2.57 bits per heavy atom. The zero-order valence-electron chi connectivity index (χ0n) is 16.3. The maximum absolute atomic E-state index is 13.6. The summed E-state index contributed by atoms with van der Waals surface area (Å²) in [5.74, 6) is -2.23. The Labute approximate surface area is 171 Å². The molecule has 0 fully saturated rings. The van der Waals surface area contributed by atoms with Gasteiger partial charge in [-0.2, -0.15) is 0 Å². The van der Waals surface area contributed by atoms with E-state index >= 15 is 0 Å². The van der Waals surface area contributed by atoms with E-state index < -0.39 is 17.7 Å². The quantitative estimate of drug-likeness (QED) is 0.553. The molecule has 0 spiro atoms. The Morgan fingerprint density at radius 1 is 1.10 bits per heavy atom. The van der Waals surface area contributed by atoms with Crippen LogP contribution in [0.4, 0.5) is 4.39 Å². The summed E-state index contributed by atoms with van der Waals surface area (Å²) in [6.45, 7) is 1.76. The van der Waals surface area contributed by atoms with Crippen molar-refractivity contribution in [3.63, 3.8) is 0 Å². The maximum atomic E-state index is 13.6. The van der Waals surface area contributed by atoms with Crippen LogP contribution in [0.15, 0.2) is 42.5 Å². The Morgan fingerprint density at radius 2 is 1.87 bits per heavy atom. The minimum Gasteiger partial charge on any atom is -0.508 e. The van der Waals surface area contributed by atoms with Crippen LogP contribution in [-0.2, 0) is 16.0 Å². The van der Waals surface area contributed by atoms with Crippen LogP contribution < -0.4 is 5.32 Å². The lowest BCUT2D eigenvalue weighted by atomic mass is 10.1. The minimum absolute atomic E-state index is 0.0185. The summed E-state index contributed by atoms with van der Waals surface area (Å²) in [4.78, 5) is 35.7. The third kappa shape index (κ3) is 4.48. The summed E-state index contributed by atoms with van der Waals surface area (Å²) in [6, 6.07) is 9.97. The smallest absolute Gasteiger partial charge is 0.305 e. The van der Waals surface area contributed by atoms with Crippen molar-refractivity contribution in [3.05, 3.63) is 65.1 Å². The molecule has 7 nitrogen and oxygen atoms in total. The van der Waals surface area contributed by atoms with Crippen molar-refractivity contribution in [2.24, 2.45) is 0 Å². The first-order chi connectivity index (χ1) is 14.3. The van der Waals surface area contributed by atoms with E-state index in [1.54, 1.807) is 13.0 Å². The number of carboxylic acids is 1. The molecule has 0 aliphatic carbocycles. The maximum Gasteiger partial charge on any atom is 0.305 e. The number of fused-ring (bicyclic) bond motifs is 1. The highest BCUT2D eigenvalue weighted by Crippen LogP contribution is 2.30. The van der Waals surface area contributed by atoms with E-state index in [0.29, 0.717) is 22.2 Å². The number of amides is 1. The van der Waals surface area contributed by atoms with Gasteiger partial charge in [0, 0.05) is 29.6 Å². The van der Waals surface area contributed by atoms with Crippen molar-refractivity contribution in [1.82, 2.24) is 9.88 Å². The third-order valence-electron chi connectivity index (χ3n) is 4.86. The van der Waals surface area contributed by atoms with Gasteiger partial charge in [-0.3, -0.25) is 19.0 Å². The number of phenols is 1. The van der Waals surface area contributed by atoms with Gasteiger partial charge in [0.1, 0.15) is 11.6 Å². The average Bonchev–Trinajstić information content (AvgIpc) is 2.96. The molecule has 30 heavy (non-hydrogen) atoms. The molecule has 8 heteroatoms. The molecule has 0 saturated carbocycles. The molecule has 1 heterocycles. The number of carbonyl (C=O) groups is 3. The number of rotatable bonds is 7. The van der Waals surface area contributed by atoms with Crippen molar-refractivity contribution >= 4 is 28.7 Å². The van der Waals surface area contributed by atoms with Gasteiger partial charge in [-0.25, -0.2) is 4.39 Å². The standard InChI is InChI=1S/C22H21FN2O5/c1-13-17(6-8-20(27)24-10-9-21(28)29)18-12-16(26)5-7-19(18)25(13)22(30)14-3-2-4-15(23)11-14/h2-5,7,11-12,26H,6,8-10H2,1H3,(H,24,27)(H,28,29). The van der Waals surface area contributed by atoms with Gasteiger partial charge in [-0.05, 0) is 55.3 Å². The molecular formula is C22H21FN2O5. The fourth-order valence-corrected chi connectivity index (χ4v) is 3.43. The second-order valence-corrected chi connectivity index (χ2v) is 6.91. The van der Waals surface area contributed by atoms with E-state index in [2.05, 4.69) is 5.32 Å². The number of halogens is 1. The molecule has 0 saturated heterocycles. The van der Waals surface area contributed by atoms with Crippen molar-refractivity contribution in [2.45, 2.75) is 26.2 Å². The van der Waals surface area contributed by atoms with Gasteiger partial charge < -0.3 is 15.5 Å². The second kappa shape index (κ2) is 8.77. The predicted octanol–water partition coefficient (Wildman–Crippen LogP) is 3.01. The van der Waals surface area contributed by atoms with E-state index in [9.17, 15) is 23.9 Å². The lowest BCUT2D eigenvalue weighted by Gasteiger charge is -2.08. The van der Waals surface area contributed by atoms with Crippen molar-refractivity contribution in [2.75, 3.05) is 6.54 Å². The van der Waals surface area contributed by atoms with Crippen LogP contribution in [0.25, 0.3) is 10.9 Å². The molecule has 0 unspecified atom stereocenters. The number of benzene rings is 2. The molecule has 0 aliphatic rings. The molecule has 2 aromatic carbocycles. The third-order valence-corrected chi connectivity index (χ3v) is 4.86. The Balaban J connectivity index is 1.92. The van der Waals surface area contributed by atoms with Crippen LogP contribution >= 0.6 is 0 Å². The summed E-state index contributed by atoms with van der Waals surface area (Å²) >= 11 is 0. The molecule has 1 aromatic heterocycles. The highest BCUT2D eigenvalue weighted by Gasteiger charge is 2.21. The first-order valence-electron chi connectivity index (χ1n) is 9.39. The van der Waals surface area contributed by atoms with Gasteiger partial charge in [0.15, 0.2) is 0 Å². The van der Waals surface area contributed by atoms with Gasteiger partial charge in [-0.1, -0.05) is 6.07 Å².